The summed E-state index contributed by atoms with van der Waals surface area (Å²) in [5.41, 5.74) is 5.67. The molecule has 5 heteroatoms. The third kappa shape index (κ3) is 3.30. The molecule has 1 amide bonds. The molecule has 3 aromatic rings. The number of fused-ring (bicyclic) bond motifs is 1. The van der Waals surface area contributed by atoms with Gasteiger partial charge in [0, 0.05) is 36.3 Å². The Bertz CT molecular complexity index is 1040. The largest absolute Gasteiger partial charge is 0.336 e. The first kappa shape index (κ1) is 18.7. The molecule has 0 unspecified atom stereocenters. The van der Waals surface area contributed by atoms with Gasteiger partial charge in [0.2, 0.25) is 0 Å². The molecule has 2 aromatic heterocycles. The van der Waals surface area contributed by atoms with Crippen LogP contribution in [-0.2, 0) is 6.54 Å². The Labute approximate surface area is 166 Å². The highest BCUT2D eigenvalue weighted by molar-refractivity contribution is 6.08. The number of likely N-dealkylation sites (tertiary alicyclic amines) is 1. The molecule has 3 heterocycles. The molecular weight excluding hydrogens is 348 g/mol. The van der Waals surface area contributed by atoms with E-state index in [0.29, 0.717) is 0 Å². The first-order valence-corrected chi connectivity index (χ1v) is 10.2. The van der Waals surface area contributed by atoms with E-state index in [-0.39, 0.29) is 11.9 Å². The summed E-state index contributed by atoms with van der Waals surface area (Å²) in [5, 5.41) is 5.41. The minimum atomic E-state index is 0.117. The smallest absolute Gasteiger partial charge is 0.254 e. The van der Waals surface area contributed by atoms with Gasteiger partial charge in [-0.2, -0.15) is 5.10 Å². The molecule has 1 saturated heterocycles. The highest BCUT2D eigenvalue weighted by Gasteiger charge is 2.28. The zero-order chi connectivity index (χ0) is 19.8. The molecule has 1 aliphatic heterocycles. The van der Waals surface area contributed by atoms with Crippen LogP contribution in [0.25, 0.3) is 22.2 Å². The van der Waals surface area contributed by atoms with Crippen molar-refractivity contribution in [1.29, 1.82) is 0 Å². The number of hydrogen-bond acceptors (Lipinski definition) is 3. The molecular formula is C23H28N4O. The van der Waals surface area contributed by atoms with E-state index in [1.165, 1.54) is 0 Å². The Balaban J connectivity index is 1.89. The van der Waals surface area contributed by atoms with Crippen LogP contribution < -0.4 is 0 Å². The molecule has 28 heavy (non-hydrogen) atoms. The standard InChI is InChI=1S/C23H28N4O/c1-5-8-26-14-18(13-24-26)20-12-19(23(28)27-9-6-7-17(27)4)22-16(3)10-15(2)11-21(22)25-20/h10-14,17H,5-9H2,1-4H3/t17-/m1/s1. The Morgan fingerprint density at radius 1 is 1.25 bits per heavy atom. The lowest BCUT2D eigenvalue weighted by Crippen LogP contribution is -2.33. The van der Waals surface area contributed by atoms with Gasteiger partial charge in [-0.25, -0.2) is 4.98 Å². The molecule has 146 valence electrons. The Morgan fingerprint density at radius 2 is 2.07 bits per heavy atom. The molecule has 0 radical (unpaired) electrons. The molecule has 0 saturated carbocycles. The van der Waals surface area contributed by atoms with Crippen LogP contribution in [0, 0.1) is 13.8 Å². The summed E-state index contributed by atoms with van der Waals surface area (Å²) in [6.07, 6.45) is 7.04. The lowest BCUT2D eigenvalue weighted by Gasteiger charge is -2.23. The molecule has 1 fully saturated rings. The van der Waals surface area contributed by atoms with Crippen molar-refractivity contribution in [2.24, 2.45) is 0 Å². The Hall–Kier alpha value is -2.69. The molecule has 1 aliphatic rings. The zero-order valence-corrected chi connectivity index (χ0v) is 17.2. The first-order valence-electron chi connectivity index (χ1n) is 10.2. The fraction of sp³-hybridized carbons (Fsp3) is 0.435. The average Bonchev–Trinajstić information content (AvgIpc) is 3.29. The van der Waals surface area contributed by atoms with Crippen molar-refractivity contribution >= 4 is 16.8 Å². The molecule has 5 nitrogen and oxygen atoms in total. The zero-order valence-electron chi connectivity index (χ0n) is 17.2. The number of aromatic nitrogens is 3. The fourth-order valence-electron chi connectivity index (χ4n) is 4.31. The van der Waals surface area contributed by atoms with Crippen LogP contribution >= 0.6 is 0 Å². The van der Waals surface area contributed by atoms with E-state index in [9.17, 15) is 4.79 Å². The van der Waals surface area contributed by atoms with Crippen LogP contribution in [0.2, 0.25) is 0 Å². The number of benzene rings is 1. The van der Waals surface area contributed by atoms with E-state index in [0.717, 1.165) is 71.2 Å². The topological polar surface area (TPSA) is 51.0 Å². The summed E-state index contributed by atoms with van der Waals surface area (Å²) in [6.45, 7) is 10.1. The van der Waals surface area contributed by atoms with Gasteiger partial charge in [-0.3, -0.25) is 9.48 Å². The molecule has 0 spiro atoms. The predicted octanol–water partition coefficient (Wildman–Crippen LogP) is 4.75. The predicted molar refractivity (Wildman–Crippen MR) is 112 cm³/mol. The lowest BCUT2D eigenvalue weighted by molar-refractivity contribution is 0.0749. The highest BCUT2D eigenvalue weighted by atomic mass is 16.2. The summed E-state index contributed by atoms with van der Waals surface area (Å²) in [7, 11) is 0. The summed E-state index contributed by atoms with van der Waals surface area (Å²) >= 11 is 0. The SMILES string of the molecule is CCCn1cc(-c2cc(C(=O)N3CCC[C@H]3C)c3c(C)cc(C)cc3n2)cn1. The number of amides is 1. The minimum Gasteiger partial charge on any atom is -0.336 e. The number of hydrogen-bond donors (Lipinski definition) is 0. The van der Waals surface area contributed by atoms with Crippen molar-refractivity contribution in [2.45, 2.75) is 59.5 Å². The van der Waals surface area contributed by atoms with Gasteiger partial charge in [0.15, 0.2) is 0 Å². The number of pyridine rings is 1. The first-order chi connectivity index (χ1) is 13.5. The number of nitrogens with zero attached hydrogens (tertiary/aromatic N) is 4. The van der Waals surface area contributed by atoms with Crippen molar-refractivity contribution in [3.8, 4) is 11.3 Å². The van der Waals surface area contributed by atoms with Crippen LogP contribution in [0.5, 0.6) is 0 Å². The van der Waals surface area contributed by atoms with E-state index < -0.39 is 0 Å². The Morgan fingerprint density at radius 3 is 2.79 bits per heavy atom. The van der Waals surface area contributed by atoms with Gasteiger partial charge in [0.05, 0.1) is 23.0 Å². The Kier molecular flexibility index (Phi) is 4.92. The minimum absolute atomic E-state index is 0.117. The molecule has 0 bridgehead atoms. The second-order valence-corrected chi connectivity index (χ2v) is 8.01. The van der Waals surface area contributed by atoms with Crippen molar-refractivity contribution in [3.63, 3.8) is 0 Å². The quantitative estimate of drug-likeness (QED) is 0.660. The normalized spacial score (nSPS) is 16.9. The number of rotatable bonds is 4. The summed E-state index contributed by atoms with van der Waals surface area (Å²) < 4.78 is 1.94. The summed E-state index contributed by atoms with van der Waals surface area (Å²) in [5.74, 6) is 0.117. The lowest BCUT2D eigenvalue weighted by atomic mass is 9.98. The number of carbonyl (C=O) groups is 1. The van der Waals surface area contributed by atoms with Crippen molar-refractivity contribution in [1.82, 2.24) is 19.7 Å². The van der Waals surface area contributed by atoms with Crippen LogP contribution in [-0.4, -0.2) is 38.2 Å². The second-order valence-electron chi connectivity index (χ2n) is 8.01. The van der Waals surface area contributed by atoms with E-state index >= 15 is 0 Å². The van der Waals surface area contributed by atoms with Gasteiger partial charge in [-0.15, -0.1) is 0 Å². The van der Waals surface area contributed by atoms with E-state index in [4.69, 9.17) is 4.98 Å². The van der Waals surface area contributed by atoms with Crippen molar-refractivity contribution in [2.75, 3.05) is 6.54 Å². The van der Waals surface area contributed by atoms with Gasteiger partial charge >= 0.3 is 0 Å². The van der Waals surface area contributed by atoms with Crippen LogP contribution in [0.3, 0.4) is 0 Å². The van der Waals surface area contributed by atoms with Gasteiger partial charge in [-0.05, 0) is 63.3 Å². The molecule has 1 atom stereocenters. The van der Waals surface area contributed by atoms with Crippen molar-refractivity contribution < 1.29 is 4.79 Å². The van der Waals surface area contributed by atoms with E-state index in [1.807, 2.05) is 28.0 Å². The van der Waals surface area contributed by atoms with Crippen LogP contribution in [0.15, 0.2) is 30.6 Å². The van der Waals surface area contributed by atoms with Gasteiger partial charge in [-0.1, -0.05) is 13.0 Å². The molecule has 4 rings (SSSR count). The van der Waals surface area contributed by atoms with Gasteiger partial charge in [0.25, 0.3) is 5.91 Å². The van der Waals surface area contributed by atoms with Crippen LogP contribution in [0.1, 0.15) is 54.6 Å². The third-order valence-corrected chi connectivity index (χ3v) is 5.68. The summed E-state index contributed by atoms with van der Waals surface area (Å²) in [4.78, 5) is 20.4. The maximum absolute atomic E-state index is 13.5. The number of carbonyl (C=O) groups excluding carboxylic acids is 1. The monoisotopic (exact) mass is 376 g/mol. The fourth-order valence-corrected chi connectivity index (χ4v) is 4.31. The maximum Gasteiger partial charge on any atom is 0.254 e. The van der Waals surface area contributed by atoms with Crippen molar-refractivity contribution in [3.05, 3.63) is 47.3 Å². The third-order valence-electron chi connectivity index (χ3n) is 5.68. The van der Waals surface area contributed by atoms with Gasteiger partial charge < -0.3 is 4.90 Å². The van der Waals surface area contributed by atoms with E-state index in [1.54, 1.807) is 0 Å². The molecule has 0 aliphatic carbocycles. The maximum atomic E-state index is 13.5. The second kappa shape index (κ2) is 7.38. The van der Waals surface area contributed by atoms with E-state index in [2.05, 4.69) is 44.9 Å². The molecule has 1 aromatic carbocycles. The number of aryl methyl sites for hydroxylation is 3. The highest BCUT2D eigenvalue weighted by Crippen LogP contribution is 2.30. The van der Waals surface area contributed by atoms with Gasteiger partial charge in [0.1, 0.15) is 0 Å². The molecule has 0 N–H and O–H groups in total. The summed E-state index contributed by atoms with van der Waals surface area (Å²) in [6, 6.07) is 6.46. The van der Waals surface area contributed by atoms with Crippen LogP contribution in [0.4, 0.5) is 0 Å². The average molecular weight is 377 g/mol.